The third-order valence-corrected chi connectivity index (χ3v) is 3.51. The van der Waals surface area contributed by atoms with E-state index in [2.05, 4.69) is 15.8 Å². The maximum atomic E-state index is 11.8. The van der Waals surface area contributed by atoms with E-state index in [0.717, 1.165) is 18.6 Å². The molecule has 1 fully saturated rings. The van der Waals surface area contributed by atoms with E-state index in [1.165, 1.54) is 25.7 Å². The Balaban J connectivity index is 1.63. The molecule has 19 heavy (non-hydrogen) atoms. The predicted octanol–water partition coefficient (Wildman–Crippen LogP) is 2.62. The number of carbonyl (C=O) groups excluding carboxylic acids is 1. The first-order valence-corrected chi connectivity index (χ1v) is 7.20. The van der Waals surface area contributed by atoms with E-state index in [4.69, 9.17) is 4.52 Å². The Morgan fingerprint density at radius 1 is 1.37 bits per heavy atom. The van der Waals surface area contributed by atoms with Gasteiger partial charge in [0.2, 0.25) is 5.91 Å². The quantitative estimate of drug-likeness (QED) is 0.803. The summed E-state index contributed by atoms with van der Waals surface area (Å²) in [5.41, 5.74) is 0. The summed E-state index contributed by atoms with van der Waals surface area (Å²) in [5, 5.41) is 10.0. The highest BCUT2D eigenvalue weighted by Crippen LogP contribution is 2.17. The molecule has 1 heterocycles. The summed E-state index contributed by atoms with van der Waals surface area (Å²) in [6, 6.07) is 2.20. The molecule has 5 heteroatoms. The van der Waals surface area contributed by atoms with E-state index in [9.17, 15) is 4.79 Å². The number of anilines is 1. The molecule has 1 aromatic rings. The molecule has 106 valence electrons. The molecule has 0 bridgehead atoms. The van der Waals surface area contributed by atoms with Gasteiger partial charge in [0.05, 0.1) is 0 Å². The van der Waals surface area contributed by atoms with Crippen LogP contribution < -0.4 is 10.6 Å². The Labute approximate surface area is 114 Å². The molecule has 1 saturated carbocycles. The van der Waals surface area contributed by atoms with Crippen LogP contribution in [0.15, 0.2) is 10.6 Å². The molecule has 0 atom stereocenters. The van der Waals surface area contributed by atoms with Gasteiger partial charge in [0, 0.05) is 25.1 Å². The van der Waals surface area contributed by atoms with Gasteiger partial charge in [-0.1, -0.05) is 30.8 Å². The Morgan fingerprint density at radius 3 is 2.74 bits per heavy atom. The first kappa shape index (κ1) is 13.9. The molecule has 1 aliphatic rings. The van der Waals surface area contributed by atoms with Gasteiger partial charge in [-0.25, -0.2) is 0 Å². The Kier molecular flexibility index (Phi) is 5.24. The summed E-state index contributed by atoms with van der Waals surface area (Å²) in [4.78, 5) is 11.8. The fourth-order valence-electron chi connectivity index (χ4n) is 2.48. The van der Waals surface area contributed by atoms with Crippen LogP contribution in [-0.4, -0.2) is 23.7 Å². The van der Waals surface area contributed by atoms with Gasteiger partial charge in [-0.15, -0.1) is 0 Å². The number of nitrogens with zero attached hydrogens (tertiary/aromatic N) is 1. The first-order valence-electron chi connectivity index (χ1n) is 7.20. The van der Waals surface area contributed by atoms with Crippen LogP contribution in [0, 0.1) is 6.92 Å². The van der Waals surface area contributed by atoms with Crippen LogP contribution in [0.4, 0.5) is 5.82 Å². The van der Waals surface area contributed by atoms with Crippen molar-refractivity contribution >= 4 is 11.7 Å². The topological polar surface area (TPSA) is 67.2 Å². The highest BCUT2D eigenvalue weighted by atomic mass is 16.5. The zero-order valence-electron chi connectivity index (χ0n) is 11.6. The number of hydrogen-bond acceptors (Lipinski definition) is 4. The third-order valence-electron chi connectivity index (χ3n) is 3.51. The molecule has 5 nitrogen and oxygen atoms in total. The van der Waals surface area contributed by atoms with E-state index in [1.807, 2.05) is 13.0 Å². The van der Waals surface area contributed by atoms with Gasteiger partial charge < -0.3 is 15.2 Å². The summed E-state index contributed by atoms with van der Waals surface area (Å²) < 4.78 is 4.94. The number of nitrogens with one attached hydrogen (secondary N) is 2. The zero-order chi connectivity index (χ0) is 13.5. The van der Waals surface area contributed by atoms with E-state index in [1.54, 1.807) is 0 Å². The lowest BCUT2D eigenvalue weighted by molar-refractivity contribution is -0.121. The van der Waals surface area contributed by atoms with Crippen LogP contribution in [0.1, 0.15) is 50.7 Å². The molecule has 1 amide bonds. The Bertz CT molecular complexity index is 395. The molecular weight excluding hydrogens is 242 g/mol. The SMILES string of the molecule is Cc1cc(NCCC(=O)NC2CCCCCC2)no1. The lowest BCUT2D eigenvalue weighted by atomic mass is 10.1. The smallest absolute Gasteiger partial charge is 0.221 e. The van der Waals surface area contributed by atoms with Gasteiger partial charge in [-0.05, 0) is 19.8 Å². The van der Waals surface area contributed by atoms with E-state index >= 15 is 0 Å². The maximum Gasteiger partial charge on any atom is 0.221 e. The van der Waals surface area contributed by atoms with E-state index in [0.29, 0.717) is 24.8 Å². The first-order chi connectivity index (χ1) is 9.24. The lowest BCUT2D eigenvalue weighted by Gasteiger charge is -2.16. The molecule has 0 radical (unpaired) electrons. The fourth-order valence-corrected chi connectivity index (χ4v) is 2.48. The molecule has 1 aromatic heterocycles. The van der Waals surface area contributed by atoms with Crippen LogP contribution in [0.25, 0.3) is 0 Å². The molecule has 0 aromatic carbocycles. The number of amides is 1. The fraction of sp³-hybridized carbons (Fsp3) is 0.714. The van der Waals surface area contributed by atoms with Crippen molar-refractivity contribution in [2.75, 3.05) is 11.9 Å². The van der Waals surface area contributed by atoms with Crippen LogP contribution >= 0.6 is 0 Å². The van der Waals surface area contributed by atoms with E-state index < -0.39 is 0 Å². The number of hydrogen-bond donors (Lipinski definition) is 2. The van der Waals surface area contributed by atoms with Crippen molar-refractivity contribution in [1.82, 2.24) is 10.5 Å². The van der Waals surface area contributed by atoms with Crippen molar-refractivity contribution in [1.29, 1.82) is 0 Å². The van der Waals surface area contributed by atoms with Crippen molar-refractivity contribution in [2.45, 2.75) is 57.9 Å². The minimum atomic E-state index is 0.125. The third kappa shape index (κ3) is 4.93. The largest absolute Gasteiger partial charge is 0.367 e. The van der Waals surface area contributed by atoms with Crippen molar-refractivity contribution in [3.63, 3.8) is 0 Å². The van der Waals surface area contributed by atoms with Gasteiger partial charge >= 0.3 is 0 Å². The van der Waals surface area contributed by atoms with Crippen molar-refractivity contribution in [2.24, 2.45) is 0 Å². The van der Waals surface area contributed by atoms with E-state index in [-0.39, 0.29) is 5.91 Å². The summed E-state index contributed by atoms with van der Waals surface area (Å²) in [6.07, 6.45) is 7.81. The minimum absolute atomic E-state index is 0.125. The minimum Gasteiger partial charge on any atom is -0.367 e. The molecule has 1 aliphatic carbocycles. The number of aromatic nitrogens is 1. The van der Waals surface area contributed by atoms with Crippen LogP contribution in [-0.2, 0) is 4.79 Å². The van der Waals surface area contributed by atoms with Gasteiger partial charge in [0.15, 0.2) is 5.82 Å². The molecule has 0 spiro atoms. The van der Waals surface area contributed by atoms with Gasteiger partial charge in [-0.2, -0.15) is 0 Å². The van der Waals surface area contributed by atoms with Gasteiger partial charge in [-0.3, -0.25) is 4.79 Å². The summed E-state index contributed by atoms with van der Waals surface area (Å²) >= 11 is 0. The number of rotatable bonds is 5. The average Bonchev–Trinajstić information content (AvgIpc) is 2.63. The summed E-state index contributed by atoms with van der Waals surface area (Å²) in [5.74, 6) is 1.59. The molecule has 0 saturated heterocycles. The van der Waals surface area contributed by atoms with Crippen LogP contribution in [0.2, 0.25) is 0 Å². The van der Waals surface area contributed by atoms with Gasteiger partial charge in [0.1, 0.15) is 5.76 Å². The molecule has 0 unspecified atom stereocenters. The molecule has 0 aliphatic heterocycles. The highest BCUT2D eigenvalue weighted by Gasteiger charge is 2.14. The second kappa shape index (κ2) is 7.16. The zero-order valence-corrected chi connectivity index (χ0v) is 11.6. The molecule has 2 rings (SSSR count). The summed E-state index contributed by atoms with van der Waals surface area (Å²) in [7, 11) is 0. The Hall–Kier alpha value is -1.52. The standard InChI is InChI=1S/C14H23N3O2/c1-11-10-13(17-19-11)15-9-8-14(18)16-12-6-4-2-3-5-7-12/h10,12H,2-9H2,1H3,(H,15,17)(H,16,18). The number of carbonyl (C=O) groups is 1. The maximum absolute atomic E-state index is 11.8. The second-order valence-electron chi connectivity index (χ2n) is 5.26. The molecule has 2 N–H and O–H groups in total. The lowest BCUT2D eigenvalue weighted by Crippen LogP contribution is -2.35. The van der Waals surface area contributed by atoms with Crippen molar-refractivity contribution in [3.8, 4) is 0 Å². The summed E-state index contributed by atoms with van der Waals surface area (Å²) in [6.45, 7) is 2.43. The monoisotopic (exact) mass is 265 g/mol. The predicted molar refractivity (Wildman–Crippen MR) is 74.0 cm³/mol. The van der Waals surface area contributed by atoms with Crippen molar-refractivity contribution in [3.05, 3.63) is 11.8 Å². The normalized spacial score (nSPS) is 16.9. The Morgan fingerprint density at radius 2 is 2.11 bits per heavy atom. The number of aryl methyl sites for hydroxylation is 1. The molecular formula is C14H23N3O2. The second-order valence-corrected chi connectivity index (χ2v) is 5.26. The van der Waals surface area contributed by atoms with Crippen molar-refractivity contribution < 1.29 is 9.32 Å². The van der Waals surface area contributed by atoms with Crippen LogP contribution in [0.3, 0.4) is 0 Å². The van der Waals surface area contributed by atoms with Gasteiger partial charge in [0.25, 0.3) is 0 Å². The highest BCUT2D eigenvalue weighted by molar-refractivity contribution is 5.76. The average molecular weight is 265 g/mol. The van der Waals surface area contributed by atoms with Crippen LogP contribution in [0.5, 0.6) is 0 Å².